The highest BCUT2D eigenvalue weighted by Crippen LogP contribution is 2.31. The fourth-order valence-electron chi connectivity index (χ4n) is 1.87. The summed E-state index contributed by atoms with van der Waals surface area (Å²) in [7, 11) is 0. The highest BCUT2D eigenvalue weighted by molar-refractivity contribution is 9.10. The Kier molecular flexibility index (Phi) is 5.35. The van der Waals surface area contributed by atoms with Gasteiger partial charge in [-0.05, 0) is 40.0 Å². The molecular formula is C14H14BrClN2O2S. The van der Waals surface area contributed by atoms with Crippen LogP contribution in [-0.4, -0.2) is 26.4 Å². The molecule has 0 fully saturated rings. The molecule has 7 heteroatoms. The fourth-order valence-corrected chi connectivity index (χ4v) is 3.07. The Hall–Kier alpha value is -0.980. The molecule has 0 bridgehead atoms. The zero-order valence-corrected chi connectivity index (χ0v) is 14.7. The van der Waals surface area contributed by atoms with Crippen molar-refractivity contribution in [1.82, 2.24) is 9.55 Å². The average molecular weight is 390 g/mol. The summed E-state index contributed by atoms with van der Waals surface area (Å²) in [6, 6.07) is 5.60. The largest absolute Gasteiger partial charge is 0.481 e. The van der Waals surface area contributed by atoms with Crippen molar-refractivity contribution in [3.63, 3.8) is 0 Å². The smallest absolute Gasteiger partial charge is 0.313 e. The number of aliphatic carboxylic acids is 1. The summed E-state index contributed by atoms with van der Waals surface area (Å²) in [5.74, 6) is -0.618. The van der Waals surface area contributed by atoms with Crippen LogP contribution in [0.5, 0.6) is 0 Å². The van der Waals surface area contributed by atoms with Gasteiger partial charge in [-0.2, -0.15) is 0 Å². The average Bonchev–Trinajstić information content (AvgIpc) is 2.83. The van der Waals surface area contributed by atoms with Gasteiger partial charge in [0.15, 0.2) is 5.16 Å². The minimum atomic E-state index is -0.863. The predicted octanol–water partition coefficient (Wildman–Crippen LogP) is 4.59. The van der Waals surface area contributed by atoms with Crippen LogP contribution in [0.25, 0.3) is 5.69 Å². The number of imidazole rings is 1. The first kappa shape index (κ1) is 16.4. The Morgan fingerprint density at radius 3 is 2.81 bits per heavy atom. The van der Waals surface area contributed by atoms with E-state index in [1.165, 1.54) is 11.8 Å². The van der Waals surface area contributed by atoms with E-state index in [-0.39, 0.29) is 11.7 Å². The number of benzene rings is 1. The third-order valence-electron chi connectivity index (χ3n) is 2.83. The number of carbonyl (C=O) groups is 1. The summed E-state index contributed by atoms with van der Waals surface area (Å²) in [6.45, 7) is 4.15. The van der Waals surface area contributed by atoms with Gasteiger partial charge in [0.2, 0.25) is 0 Å². The summed E-state index contributed by atoms with van der Waals surface area (Å²) in [4.78, 5) is 15.1. The van der Waals surface area contributed by atoms with Gasteiger partial charge < -0.3 is 5.11 Å². The molecule has 1 aromatic carbocycles. The van der Waals surface area contributed by atoms with Crippen LogP contribution in [0.15, 0.2) is 34.0 Å². The van der Waals surface area contributed by atoms with E-state index in [1.54, 1.807) is 12.3 Å². The number of carboxylic acids is 1. The van der Waals surface area contributed by atoms with Crippen LogP contribution < -0.4 is 0 Å². The van der Waals surface area contributed by atoms with E-state index in [9.17, 15) is 4.79 Å². The number of nitrogens with zero attached hydrogens (tertiary/aromatic N) is 2. The van der Waals surface area contributed by atoms with Crippen molar-refractivity contribution in [2.24, 2.45) is 0 Å². The molecule has 0 atom stereocenters. The molecule has 0 saturated heterocycles. The Morgan fingerprint density at radius 1 is 1.52 bits per heavy atom. The van der Waals surface area contributed by atoms with Gasteiger partial charge in [-0.15, -0.1) is 0 Å². The first-order chi connectivity index (χ1) is 9.90. The van der Waals surface area contributed by atoms with Gasteiger partial charge in [-0.25, -0.2) is 4.98 Å². The minimum absolute atomic E-state index is 0.0245. The van der Waals surface area contributed by atoms with Crippen LogP contribution in [0.4, 0.5) is 0 Å². The van der Waals surface area contributed by atoms with Crippen LogP contribution in [0.1, 0.15) is 25.5 Å². The van der Waals surface area contributed by atoms with Gasteiger partial charge in [-0.1, -0.05) is 37.2 Å². The molecule has 0 aliphatic heterocycles. The summed E-state index contributed by atoms with van der Waals surface area (Å²) in [5, 5.41) is 10.1. The molecule has 1 N–H and O–H groups in total. The third kappa shape index (κ3) is 3.81. The van der Waals surface area contributed by atoms with E-state index in [2.05, 4.69) is 34.8 Å². The van der Waals surface area contributed by atoms with Crippen LogP contribution in [-0.2, 0) is 4.79 Å². The monoisotopic (exact) mass is 388 g/mol. The number of halogens is 2. The third-order valence-corrected chi connectivity index (χ3v) is 4.99. The summed E-state index contributed by atoms with van der Waals surface area (Å²) >= 11 is 10.6. The molecule has 0 aliphatic carbocycles. The Bertz CT molecular complexity index is 673. The molecule has 1 heterocycles. The van der Waals surface area contributed by atoms with E-state index >= 15 is 0 Å². The lowest BCUT2D eigenvalue weighted by atomic mass is 10.1. The Labute approximate surface area is 140 Å². The Balaban J connectivity index is 2.49. The first-order valence-electron chi connectivity index (χ1n) is 6.27. The van der Waals surface area contributed by atoms with E-state index in [0.717, 1.165) is 15.9 Å². The molecule has 0 unspecified atom stereocenters. The number of aromatic nitrogens is 2. The maximum absolute atomic E-state index is 10.8. The lowest BCUT2D eigenvalue weighted by Crippen LogP contribution is -2.05. The number of hydrogen-bond donors (Lipinski definition) is 1. The molecule has 0 radical (unpaired) electrons. The lowest BCUT2D eigenvalue weighted by Gasteiger charge is -2.14. The highest BCUT2D eigenvalue weighted by atomic mass is 79.9. The zero-order chi connectivity index (χ0) is 15.6. The second-order valence-corrected chi connectivity index (χ2v) is 6.94. The molecule has 0 amide bonds. The van der Waals surface area contributed by atoms with Crippen molar-refractivity contribution in [3.8, 4) is 5.69 Å². The summed E-state index contributed by atoms with van der Waals surface area (Å²) in [6.07, 6.45) is 1.79. The summed E-state index contributed by atoms with van der Waals surface area (Å²) in [5.41, 5.74) is 1.93. The summed E-state index contributed by atoms with van der Waals surface area (Å²) < 4.78 is 2.76. The van der Waals surface area contributed by atoms with Gasteiger partial charge in [0.05, 0.1) is 17.0 Å². The minimum Gasteiger partial charge on any atom is -0.481 e. The van der Waals surface area contributed by atoms with Crippen LogP contribution in [0, 0.1) is 0 Å². The van der Waals surface area contributed by atoms with E-state index in [4.69, 9.17) is 16.7 Å². The van der Waals surface area contributed by atoms with Gasteiger partial charge in [-0.3, -0.25) is 9.36 Å². The molecule has 2 aromatic rings. The maximum Gasteiger partial charge on any atom is 0.313 e. The van der Waals surface area contributed by atoms with Crippen molar-refractivity contribution in [2.45, 2.75) is 24.9 Å². The van der Waals surface area contributed by atoms with Crippen molar-refractivity contribution in [3.05, 3.63) is 39.6 Å². The number of carboxylic acid groups (broad SMARTS) is 1. The van der Waals surface area contributed by atoms with Crippen LogP contribution in [0.3, 0.4) is 0 Å². The predicted molar refractivity (Wildman–Crippen MR) is 88.7 cm³/mol. The van der Waals surface area contributed by atoms with Gasteiger partial charge in [0, 0.05) is 15.9 Å². The lowest BCUT2D eigenvalue weighted by molar-refractivity contribution is -0.133. The topological polar surface area (TPSA) is 55.1 Å². The van der Waals surface area contributed by atoms with Gasteiger partial charge >= 0.3 is 5.97 Å². The zero-order valence-electron chi connectivity index (χ0n) is 11.5. The van der Waals surface area contributed by atoms with E-state index in [0.29, 0.717) is 10.2 Å². The molecular weight excluding hydrogens is 376 g/mol. The van der Waals surface area contributed by atoms with Gasteiger partial charge in [0.25, 0.3) is 0 Å². The second kappa shape index (κ2) is 6.85. The maximum atomic E-state index is 10.8. The van der Waals surface area contributed by atoms with Crippen molar-refractivity contribution in [2.75, 3.05) is 5.75 Å². The van der Waals surface area contributed by atoms with Crippen molar-refractivity contribution < 1.29 is 9.90 Å². The number of rotatable bonds is 5. The van der Waals surface area contributed by atoms with Gasteiger partial charge in [0.1, 0.15) is 0 Å². The Morgan fingerprint density at radius 2 is 2.24 bits per heavy atom. The van der Waals surface area contributed by atoms with E-state index < -0.39 is 5.97 Å². The highest BCUT2D eigenvalue weighted by Gasteiger charge is 2.16. The van der Waals surface area contributed by atoms with Crippen molar-refractivity contribution in [1.29, 1.82) is 0 Å². The molecule has 4 nitrogen and oxygen atoms in total. The van der Waals surface area contributed by atoms with Crippen LogP contribution in [0.2, 0.25) is 5.02 Å². The second-order valence-electron chi connectivity index (χ2n) is 4.74. The SMILES string of the molecule is CC(C)c1cnc(SCC(=O)O)n1-c1ccc(Cl)c(Br)c1. The molecule has 112 valence electrons. The normalized spacial score (nSPS) is 11.1. The molecule has 0 saturated carbocycles. The quantitative estimate of drug-likeness (QED) is 0.760. The molecule has 1 aromatic heterocycles. The fraction of sp³-hybridized carbons (Fsp3) is 0.286. The molecule has 0 spiro atoms. The number of hydrogen-bond acceptors (Lipinski definition) is 3. The standard InChI is InChI=1S/C14H14BrClN2O2S/c1-8(2)12-6-17-14(21-7-13(19)20)18(12)9-3-4-11(16)10(15)5-9/h3-6,8H,7H2,1-2H3,(H,19,20). The van der Waals surface area contributed by atoms with Crippen molar-refractivity contribution >= 4 is 45.3 Å². The van der Waals surface area contributed by atoms with Crippen LogP contribution >= 0.6 is 39.3 Å². The molecule has 0 aliphatic rings. The first-order valence-corrected chi connectivity index (χ1v) is 8.43. The molecule has 2 rings (SSSR count). The number of thioether (sulfide) groups is 1. The van der Waals surface area contributed by atoms with E-state index in [1.807, 2.05) is 16.7 Å². The molecule has 21 heavy (non-hydrogen) atoms.